The topological polar surface area (TPSA) is 95.0 Å². The first-order valence-electron chi connectivity index (χ1n) is 5.87. The predicted octanol–water partition coefficient (Wildman–Crippen LogP) is 0.758. The number of amidine groups is 1. The van der Waals surface area contributed by atoms with Crippen LogP contribution in [0.4, 0.5) is 5.82 Å². The molecule has 0 unspecified atom stereocenters. The summed E-state index contributed by atoms with van der Waals surface area (Å²) in [5, 5.41) is 21.8. The number of aliphatic hydroxyl groups is 1. The van der Waals surface area contributed by atoms with Crippen LogP contribution < -0.4 is 10.6 Å². The molecule has 0 bridgehead atoms. The zero-order chi connectivity index (χ0) is 13.8. The molecule has 6 heteroatoms. The van der Waals surface area contributed by atoms with Crippen molar-refractivity contribution in [1.82, 2.24) is 4.98 Å². The molecule has 0 aliphatic carbocycles. The lowest BCUT2D eigenvalue weighted by molar-refractivity contribution is 0.304. The Kier molecular flexibility index (Phi) is 3.82. The fraction of sp³-hybridized carbons (Fsp3) is 0.231. The molecule has 1 aromatic heterocycles. The van der Waals surface area contributed by atoms with Crippen molar-refractivity contribution in [2.24, 2.45) is 10.9 Å². The van der Waals surface area contributed by atoms with Gasteiger partial charge in [-0.2, -0.15) is 0 Å². The van der Waals surface area contributed by atoms with E-state index in [4.69, 9.17) is 16.0 Å². The number of anilines is 1. The van der Waals surface area contributed by atoms with Gasteiger partial charge in [-0.3, -0.25) is 0 Å². The van der Waals surface area contributed by atoms with Crippen molar-refractivity contribution >= 4 is 22.6 Å². The van der Waals surface area contributed by atoms with Crippen LogP contribution >= 0.6 is 0 Å². The smallest absolute Gasteiger partial charge is 0.173 e. The van der Waals surface area contributed by atoms with E-state index < -0.39 is 0 Å². The summed E-state index contributed by atoms with van der Waals surface area (Å²) in [6, 6.07) is 9.42. The van der Waals surface area contributed by atoms with E-state index in [1.807, 2.05) is 30.3 Å². The number of nitrogens with zero attached hydrogens (tertiary/aromatic N) is 3. The quantitative estimate of drug-likeness (QED) is 0.326. The predicted molar refractivity (Wildman–Crippen MR) is 74.6 cm³/mol. The van der Waals surface area contributed by atoms with Crippen LogP contribution in [0.5, 0.6) is 0 Å². The number of fused-ring (bicyclic) bond motifs is 1. The summed E-state index contributed by atoms with van der Waals surface area (Å²) in [7, 11) is 1.79. The molecule has 0 atom stereocenters. The summed E-state index contributed by atoms with van der Waals surface area (Å²) in [5.74, 6) is 0.570. The number of aliphatic hydroxyl groups excluding tert-OH is 1. The van der Waals surface area contributed by atoms with Gasteiger partial charge in [-0.15, -0.1) is 0 Å². The number of pyridine rings is 1. The van der Waals surface area contributed by atoms with Gasteiger partial charge in [0.1, 0.15) is 5.82 Å². The Hall–Kier alpha value is -2.34. The van der Waals surface area contributed by atoms with Gasteiger partial charge < -0.3 is 20.9 Å². The Morgan fingerprint density at radius 1 is 1.42 bits per heavy atom. The maximum Gasteiger partial charge on any atom is 0.173 e. The second kappa shape index (κ2) is 5.53. The van der Waals surface area contributed by atoms with Crippen molar-refractivity contribution in [2.45, 2.75) is 0 Å². The normalized spacial score (nSPS) is 11.8. The summed E-state index contributed by atoms with van der Waals surface area (Å²) < 4.78 is 0. The molecule has 2 rings (SSSR count). The molecule has 0 aliphatic heterocycles. The first kappa shape index (κ1) is 13.1. The molecule has 4 N–H and O–H groups in total. The van der Waals surface area contributed by atoms with Crippen LogP contribution in [-0.4, -0.2) is 41.3 Å². The van der Waals surface area contributed by atoms with Crippen molar-refractivity contribution in [1.29, 1.82) is 0 Å². The van der Waals surface area contributed by atoms with Crippen LogP contribution in [0.2, 0.25) is 0 Å². The van der Waals surface area contributed by atoms with Gasteiger partial charge in [-0.25, -0.2) is 4.98 Å². The molecule has 100 valence electrons. The maximum absolute atomic E-state index is 9.02. The number of aromatic nitrogens is 1. The Morgan fingerprint density at radius 3 is 2.84 bits per heavy atom. The highest BCUT2D eigenvalue weighted by Crippen LogP contribution is 2.22. The average molecular weight is 260 g/mol. The third-order valence-electron chi connectivity index (χ3n) is 2.88. The molecule has 2 aromatic rings. The first-order valence-corrected chi connectivity index (χ1v) is 5.87. The van der Waals surface area contributed by atoms with Gasteiger partial charge in [0.05, 0.1) is 17.7 Å². The number of hydrogen-bond donors (Lipinski definition) is 3. The number of hydrogen-bond acceptors (Lipinski definition) is 5. The third-order valence-corrected chi connectivity index (χ3v) is 2.88. The van der Waals surface area contributed by atoms with Gasteiger partial charge in [0.15, 0.2) is 5.84 Å². The summed E-state index contributed by atoms with van der Waals surface area (Å²) >= 11 is 0. The van der Waals surface area contributed by atoms with E-state index in [0.717, 1.165) is 10.9 Å². The standard InChI is InChI=1S/C13H16N4O2/c1-17(6-7-18)13-10(12(14)16-19)8-9-4-2-3-5-11(9)15-13/h2-5,8,18-19H,6-7H2,1H3,(H2,14,16). The molecular formula is C13H16N4O2. The average Bonchev–Trinajstić information content (AvgIpc) is 2.45. The minimum atomic E-state index is -0.00181. The molecule has 1 aromatic carbocycles. The number of rotatable bonds is 4. The van der Waals surface area contributed by atoms with Crippen molar-refractivity contribution in [2.75, 3.05) is 25.1 Å². The Bertz CT molecular complexity index is 613. The molecule has 0 aliphatic rings. The molecular weight excluding hydrogens is 244 g/mol. The van der Waals surface area contributed by atoms with Crippen molar-refractivity contribution in [3.63, 3.8) is 0 Å². The Morgan fingerprint density at radius 2 is 2.16 bits per heavy atom. The SMILES string of the molecule is CN(CCO)c1nc2ccccc2cc1C(N)=NO. The second-order valence-corrected chi connectivity index (χ2v) is 4.18. The second-order valence-electron chi connectivity index (χ2n) is 4.18. The minimum absolute atomic E-state index is 0.000615. The van der Waals surface area contributed by atoms with Crippen LogP contribution in [0, 0.1) is 0 Å². The Balaban J connectivity index is 2.63. The summed E-state index contributed by atoms with van der Waals surface area (Å²) in [6.45, 7) is 0.414. The van der Waals surface area contributed by atoms with E-state index in [9.17, 15) is 0 Å². The fourth-order valence-corrected chi connectivity index (χ4v) is 1.90. The summed E-state index contributed by atoms with van der Waals surface area (Å²) in [4.78, 5) is 6.27. The van der Waals surface area contributed by atoms with Gasteiger partial charge in [-0.1, -0.05) is 23.4 Å². The van der Waals surface area contributed by atoms with E-state index in [2.05, 4.69) is 10.1 Å². The van der Waals surface area contributed by atoms with Gasteiger partial charge >= 0.3 is 0 Å². The molecule has 0 saturated carbocycles. The number of benzene rings is 1. The van der Waals surface area contributed by atoms with E-state index in [0.29, 0.717) is 17.9 Å². The molecule has 0 saturated heterocycles. The van der Waals surface area contributed by atoms with Crippen LogP contribution in [0.3, 0.4) is 0 Å². The molecule has 0 fully saturated rings. The number of para-hydroxylation sites is 1. The van der Waals surface area contributed by atoms with E-state index in [-0.39, 0.29) is 12.4 Å². The van der Waals surface area contributed by atoms with E-state index in [1.165, 1.54) is 0 Å². The number of oxime groups is 1. The summed E-state index contributed by atoms with van der Waals surface area (Å²) in [5.41, 5.74) is 7.05. The molecule has 0 radical (unpaired) electrons. The van der Waals surface area contributed by atoms with Crippen LogP contribution in [0.15, 0.2) is 35.5 Å². The number of likely N-dealkylation sites (N-methyl/N-ethyl adjacent to an activating group) is 1. The highest BCUT2D eigenvalue weighted by atomic mass is 16.4. The highest BCUT2D eigenvalue weighted by molar-refractivity contribution is 6.04. The van der Waals surface area contributed by atoms with Gasteiger partial charge in [0.2, 0.25) is 0 Å². The van der Waals surface area contributed by atoms with Crippen LogP contribution in [0.1, 0.15) is 5.56 Å². The van der Waals surface area contributed by atoms with Crippen LogP contribution in [0.25, 0.3) is 10.9 Å². The largest absolute Gasteiger partial charge is 0.409 e. The van der Waals surface area contributed by atoms with E-state index in [1.54, 1.807) is 11.9 Å². The van der Waals surface area contributed by atoms with Crippen LogP contribution in [-0.2, 0) is 0 Å². The monoisotopic (exact) mass is 260 g/mol. The van der Waals surface area contributed by atoms with Gasteiger partial charge in [0.25, 0.3) is 0 Å². The zero-order valence-corrected chi connectivity index (χ0v) is 10.6. The molecule has 1 heterocycles. The lowest BCUT2D eigenvalue weighted by atomic mass is 10.1. The zero-order valence-electron chi connectivity index (χ0n) is 10.6. The van der Waals surface area contributed by atoms with Crippen molar-refractivity contribution in [3.05, 3.63) is 35.9 Å². The fourth-order valence-electron chi connectivity index (χ4n) is 1.90. The Labute approximate surface area is 110 Å². The summed E-state index contributed by atoms with van der Waals surface area (Å²) in [6.07, 6.45) is 0. The number of nitrogens with two attached hydrogens (primary N) is 1. The third kappa shape index (κ3) is 2.58. The van der Waals surface area contributed by atoms with E-state index >= 15 is 0 Å². The maximum atomic E-state index is 9.02. The molecule has 19 heavy (non-hydrogen) atoms. The van der Waals surface area contributed by atoms with Gasteiger partial charge in [-0.05, 0) is 12.1 Å². The molecule has 0 spiro atoms. The van der Waals surface area contributed by atoms with Crippen molar-refractivity contribution in [3.8, 4) is 0 Å². The first-order chi connectivity index (χ1) is 9.17. The lowest BCUT2D eigenvalue weighted by Crippen LogP contribution is -2.26. The molecule has 0 amide bonds. The highest BCUT2D eigenvalue weighted by Gasteiger charge is 2.14. The van der Waals surface area contributed by atoms with Gasteiger partial charge in [0, 0.05) is 19.0 Å². The van der Waals surface area contributed by atoms with Crippen molar-refractivity contribution < 1.29 is 10.3 Å². The molecule has 6 nitrogen and oxygen atoms in total. The lowest BCUT2D eigenvalue weighted by Gasteiger charge is -2.20. The minimum Gasteiger partial charge on any atom is -0.409 e.